The monoisotopic (exact) mass is 241 g/mol. The highest BCUT2D eigenvalue weighted by molar-refractivity contribution is 7.85. The Morgan fingerprint density at radius 3 is 2.69 bits per heavy atom. The Kier molecular flexibility index (Phi) is 7.05. The number of rotatable bonds is 8. The number of benzene rings is 1. The molecule has 3 nitrogen and oxygen atoms in total. The van der Waals surface area contributed by atoms with Crippen LogP contribution in [-0.2, 0) is 22.1 Å². The molecular formula is C12H19NO2S. The van der Waals surface area contributed by atoms with Gasteiger partial charge in [0.2, 0.25) is 0 Å². The van der Waals surface area contributed by atoms with E-state index in [1.807, 2.05) is 37.4 Å². The van der Waals surface area contributed by atoms with Crippen molar-refractivity contribution >= 4 is 10.8 Å². The quantitative estimate of drug-likeness (QED) is 0.694. The molecule has 1 atom stereocenters. The van der Waals surface area contributed by atoms with E-state index in [1.54, 1.807) is 0 Å². The summed E-state index contributed by atoms with van der Waals surface area (Å²) >= 11 is 0. The number of hydrogen-bond donors (Lipinski definition) is 1. The first kappa shape index (κ1) is 13.4. The molecule has 16 heavy (non-hydrogen) atoms. The van der Waals surface area contributed by atoms with Crippen LogP contribution in [0.15, 0.2) is 30.3 Å². The van der Waals surface area contributed by atoms with Crippen molar-refractivity contribution < 1.29 is 8.95 Å². The zero-order valence-electron chi connectivity index (χ0n) is 9.65. The van der Waals surface area contributed by atoms with E-state index in [-0.39, 0.29) is 0 Å². The van der Waals surface area contributed by atoms with Gasteiger partial charge in [0.15, 0.2) is 0 Å². The van der Waals surface area contributed by atoms with Crippen molar-refractivity contribution in [3.63, 3.8) is 0 Å². The minimum Gasteiger partial charge on any atom is -0.376 e. The smallest absolute Gasteiger partial charge is 0.0717 e. The lowest BCUT2D eigenvalue weighted by atomic mass is 10.2. The van der Waals surface area contributed by atoms with Gasteiger partial charge in [0.25, 0.3) is 0 Å². The molecule has 0 saturated heterocycles. The van der Waals surface area contributed by atoms with Gasteiger partial charge in [-0.25, -0.2) is 0 Å². The molecule has 4 heteroatoms. The molecule has 1 N–H and O–H groups in total. The third-order valence-corrected chi connectivity index (χ3v) is 3.43. The van der Waals surface area contributed by atoms with Crippen molar-refractivity contribution in [1.29, 1.82) is 0 Å². The molecule has 0 bridgehead atoms. The zero-order valence-corrected chi connectivity index (χ0v) is 10.5. The van der Waals surface area contributed by atoms with Gasteiger partial charge in [-0.15, -0.1) is 0 Å². The molecule has 1 aromatic carbocycles. The topological polar surface area (TPSA) is 38.3 Å². The van der Waals surface area contributed by atoms with Crippen molar-refractivity contribution in [2.45, 2.75) is 6.61 Å². The fraction of sp³-hybridized carbons (Fsp3) is 0.500. The normalized spacial score (nSPS) is 12.6. The molecule has 90 valence electrons. The molecule has 0 amide bonds. The second-order valence-electron chi connectivity index (χ2n) is 3.49. The summed E-state index contributed by atoms with van der Waals surface area (Å²) in [6.45, 7) is 1.96. The van der Waals surface area contributed by atoms with Gasteiger partial charge in [-0.1, -0.05) is 30.3 Å². The van der Waals surface area contributed by atoms with Crippen LogP contribution in [0.2, 0.25) is 0 Å². The molecule has 0 aliphatic carbocycles. The lowest BCUT2D eigenvalue weighted by Crippen LogP contribution is -2.18. The van der Waals surface area contributed by atoms with Crippen LogP contribution < -0.4 is 5.32 Å². The lowest BCUT2D eigenvalue weighted by Gasteiger charge is -2.04. The van der Waals surface area contributed by atoms with E-state index < -0.39 is 10.8 Å². The van der Waals surface area contributed by atoms with Crippen LogP contribution in [-0.4, -0.2) is 35.9 Å². The van der Waals surface area contributed by atoms with Crippen molar-refractivity contribution in [3.05, 3.63) is 35.9 Å². The fourth-order valence-electron chi connectivity index (χ4n) is 1.23. The first-order valence-corrected chi connectivity index (χ1v) is 6.93. The Balaban J connectivity index is 2.06. The molecule has 0 saturated carbocycles. The van der Waals surface area contributed by atoms with Gasteiger partial charge in [-0.05, 0) is 12.6 Å². The molecule has 1 unspecified atom stereocenters. The zero-order chi connectivity index (χ0) is 11.6. The molecule has 0 fully saturated rings. The summed E-state index contributed by atoms with van der Waals surface area (Å²) in [4.78, 5) is 0. The van der Waals surface area contributed by atoms with E-state index in [9.17, 15) is 4.21 Å². The summed E-state index contributed by atoms with van der Waals surface area (Å²) in [5.74, 6) is 1.32. The van der Waals surface area contributed by atoms with E-state index in [0.29, 0.717) is 24.7 Å². The van der Waals surface area contributed by atoms with Crippen LogP contribution in [0, 0.1) is 0 Å². The van der Waals surface area contributed by atoms with Gasteiger partial charge in [-0.2, -0.15) is 0 Å². The second kappa shape index (κ2) is 8.44. The fourth-order valence-corrected chi connectivity index (χ4v) is 2.17. The lowest BCUT2D eigenvalue weighted by molar-refractivity contribution is 0.136. The maximum Gasteiger partial charge on any atom is 0.0717 e. The average molecular weight is 241 g/mol. The van der Waals surface area contributed by atoms with E-state index >= 15 is 0 Å². The van der Waals surface area contributed by atoms with Crippen LogP contribution in [0.1, 0.15) is 5.56 Å². The summed E-state index contributed by atoms with van der Waals surface area (Å²) in [6, 6.07) is 10.0. The molecule has 0 aromatic heterocycles. The maximum atomic E-state index is 11.4. The largest absolute Gasteiger partial charge is 0.376 e. The van der Waals surface area contributed by atoms with E-state index in [1.165, 1.54) is 0 Å². The number of nitrogens with one attached hydrogen (secondary N) is 1. The van der Waals surface area contributed by atoms with Crippen LogP contribution >= 0.6 is 0 Å². The van der Waals surface area contributed by atoms with Crippen LogP contribution in [0.25, 0.3) is 0 Å². The highest BCUT2D eigenvalue weighted by Crippen LogP contribution is 2.00. The van der Waals surface area contributed by atoms with Crippen molar-refractivity contribution in [3.8, 4) is 0 Å². The summed E-state index contributed by atoms with van der Waals surface area (Å²) in [6.07, 6.45) is 0. The predicted molar refractivity (Wildman–Crippen MR) is 67.9 cm³/mol. The average Bonchev–Trinajstić information content (AvgIpc) is 2.33. The van der Waals surface area contributed by atoms with Gasteiger partial charge >= 0.3 is 0 Å². The van der Waals surface area contributed by atoms with Crippen LogP contribution in [0.5, 0.6) is 0 Å². The Morgan fingerprint density at radius 2 is 2.00 bits per heavy atom. The molecule has 1 aromatic rings. The highest BCUT2D eigenvalue weighted by atomic mass is 32.2. The minimum atomic E-state index is -0.765. The van der Waals surface area contributed by atoms with Crippen molar-refractivity contribution in [2.24, 2.45) is 0 Å². The SMILES string of the molecule is CNCCS(=O)CCOCc1ccccc1. The standard InChI is InChI=1S/C12H19NO2S/c1-13-7-9-16(14)10-8-15-11-12-5-3-2-4-6-12/h2-6,13H,7-11H2,1H3. The third kappa shape index (κ3) is 6.00. The molecule has 0 spiro atoms. The van der Waals surface area contributed by atoms with Gasteiger partial charge in [0.1, 0.15) is 0 Å². The second-order valence-corrected chi connectivity index (χ2v) is 5.19. The van der Waals surface area contributed by atoms with Gasteiger partial charge in [0, 0.05) is 28.9 Å². The molecule has 0 heterocycles. The minimum absolute atomic E-state index is 0.561. The molecular weight excluding hydrogens is 222 g/mol. The van der Waals surface area contributed by atoms with E-state index in [2.05, 4.69) is 5.32 Å². The Bertz CT molecular complexity index is 303. The summed E-state index contributed by atoms with van der Waals surface area (Å²) < 4.78 is 16.9. The number of hydrogen-bond acceptors (Lipinski definition) is 3. The van der Waals surface area contributed by atoms with Crippen molar-refractivity contribution in [1.82, 2.24) is 5.32 Å². The third-order valence-electron chi connectivity index (χ3n) is 2.15. The molecule has 1 rings (SSSR count). The summed E-state index contributed by atoms with van der Waals surface area (Å²) in [5.41, 5.74) is 1.16. The van der Waals surface area contributed by atoms with Crippen LogP contribution in [0.3, 0.4) is 0 Å². The predicted octanol–water partition coefficient (Wildman–Crippen LogP) is 1.17. The summed E-state index contributed by atoms with van der Waals surface area (Å²) in [7, 11) is 1.10. The Hall–Kier alpha value is -0.710. The first-order valence-electron chi connectivity index (χ1n) is 5.44. The van der Waals surface area contributed by atoms with Gasteiger partial charge in [0.05, 0.1) is 13.2 Å². The first-order chi connectivity index (χ1) is 7.83. The maximum absolute atomic E-state index is 11.4. The Labute approximate surface area is 99.7 Å². The van der Waals surface area contributed by atoms with E-state index in [4.69, 9.17) is 4.74 Å². The molecule has 0 aliphatic rings. The molecule has 0 radical (unpaired) electrons. The van der Waals surface area contributed by atoms with Crippen molar-refractivity contribution in [2.75, 3.05) is 31.7 Å². The van der Waals surface area contributed by atoms with Crippen LogP contribution in [0.4, 0.5) is 0 Å². The molecule has 0 aliphatic heterocycles. The highest BCUT2D eigenvalue weighted by Gasteiger charge is 1.99. The number of ether oxygens (including phenoxy) is 1. The van der Waals surface area contributed by atoms with E-state index in [0.717, 1.165) is 12.1 Å². The Morgan fingerprint density at radius 1 is 1.25 bits per heavy atom. The van der Waals surface area contributed by atoms with Gasteiger partial charge < -0.3 is 10.1 Å². The van der Waals surface area contributed by atoms with Gasteiger partial charge in [-0.3, -0.25) is 4.21 Å². The summed E-state index contributed by atoms with van der Waals surface area (Å²) in [5, 5.41) is 2.98.